The van der Waals surface area contributed by atoms with E-state index in [1.54, 1.807) is 12.1 Å². The fourth-order valence-electron chi connectivity index (χ4n) is 3.52. The van der Waals surface area contributed by atoms with E-state index < -0.39 is 42.3 Å². The number of carbonyl (C=O) groups excluding carboxylic acids is 2. The van der Waals surface area contributed by atoms with Gasteiger partial charge in [-0.15, -0.1) is 0 Å². The van der Waals surface area contributed by atoms with E-state index in [0.717, 1.165) is 11.0 Å². The molecule has 0 bridgehead atoms. The highest BCUT2D eigenvalue weighted by molar-refractivity contribution is 6.62. The Labute approximate surface area is 189 Å². The number of methoxy groups -OCH3 is 1. The quantitative estimate of drug-likeness (QED) is 0.614. The van der Waals surface area contributed by atoms with Gasteiger partial charge in [-0.1, -0.05) is 54.6 Å². The number of rotatable bonds is 8. The van der Waals surface area contributed by atoms with E-state index in [1.165, 1.54) is 7.11 Å². The van der Waals surface area contributed by atoms with E-state index in [0.29, 0.717) is 5.56 Å². The molecule has 0 unspecified atom stereocenters. The van der Waals surface area contributed by atoms with Gasteiger partial charge in [-0.25, -0.2) is 0 Å². The largest absolute Gasteiger partial charge is 0.494 e. The number of nitrogens with two attached hydrogens (primary N) is 1. The monoisotopic (exact) mass is 438 g/mol. The Morgan fingerprint density at radius 2 is 1.56 bits per heavy atom. The smallest absolute Gasteiger partial charge is 0.399 e. The lowest BCUT2D eigenvalue weighted by molar-refractivity contribution is -0.134. The third kappa shape index (κ3) is 5.20. The molecule has 3 N–H and O–H groups in total. The van der Waals surface area contributed by atoms with E-state index >= 15 is 0 Å². The highest BCUT2D eigenvalue weighted by Crippen LogP contribution is 2.36. The summed E-state index contributed by atoms with van der Waals surface area (Å²) in [4.78, 5) is 24.8. The van der Waals surface area contributed by atoms with Gasteiger partial charge in [0.1, 0.15) is 6.04 Å². The van der Waals surface area contributed by atoms with E-state index in [1.807, 2.05) is 70.2 Å². The van der Waals surface area contributed by atoms with Gasteiger partial charge >= 0.3 is 7.12 Å². The van der Waals surface area contributed by atoms with Crippen molar-refractivity contribution in [1.82, 2.24) is 5.32 Å². The highest BCUT2D eigenvalue weighted by Gasteiger charge is 2.51. The van der Waals surface area contributed by atoms with Crippen molar-refractivity contribution >= 4 is 24.4 Å². The van der Waals surface area contributed by atoms with Crippen LogP contribution in [0.2, 0.25) is 0 Å². The van der Waals surface area contributed by atoms with Crippen LogP contribution >= 0.6 is 0 Å². The van der Waals surface area contributed by atoms with Crippen LogP contribution in [0.15, 0.2) is 54.6 Å². The fourth-order valence-corrected chi connectivity index (χ4v) is 3.52. The number of carbonyl (C=O) groups is 2. The zero-order valence-electron chi connectivity index (χ0n) is 19.3. The molecule has 3 rings (SSSR count). The molecule has 1 saturated heterocycles. The molecule has 7 nitrogen and oxygen atoms in total. The van der Waals surface area contributed by atoms with E-state index in [-0.39, 0.29) is 6.42 Å². The Kier molecular flexibility index (Phi) is 7.08. The summed E-state index contributed by atoms with van der Waals surface area (Å²) in [6.07, 6.45) is -0.570. The van der Waals surface area contributed by atoms with Crippen LogP contribution in [0.4, 0.5) is 0 Å². The number of amides is 2. The van der Waals surface area contributed by atoms with Crippen LogP contribution in [-0.2, 0) is 30.1 Å². The maximum Gasteiger partial charge on any atom is 0.494 e. The first-order chi connectivity index (χ1) is 15.0. The summed E-state index contributed by atoms with van der Waals surface area (Å²) in [5.74, 6) is -1.03. The van der Waals surface area contributed by atoms with Crippen molar-refractivity contribution in [3.8, 4) is 0 Å². The van der Waals surface area contributed by atoms with Crippen LogP contribution < -0.4 is 16.5 Å². The number of primary amides is 1. The second-order valence-electron chi connectivity index (χ2n) is 9.02. The summed E-state index contributed by atoms with van der Waals surface area (Å²) in [5.41, 5.74) is 7.15. The van der Waals surface area contributed by atoms with E-state index in [4.69, 9.17) is 19.8 Å². The van der Waals surface area contributed by atoms with Gasteiger partial charge < -0.3 is 25.1 Å². The van der Waals surface area contributed by atoms with Gasteiger partial charge in [0.15, 0.2) is 6.10 Å². The third-order valence-electron chi connectivity index (χ3n) is 6.18. The minimum atomic E-state index is -0.869. The molecule has 32 heavy (non-hydrogen) atoms. The minimum Gasteiger partial charge on any atom is -0.399 e. The van der Waals surface area contributed by atoms with Crippen molar-refractivity contribution in [1.29, 1.82) is 0 Å². The molecule has 2 amide bonds. The molecular weight excluding hydrogens is 407 g/mol. The maximum absolute atomic E-state index is 12.8. The maximum atomic E-state index is 12.8. The zero-order valence-corrected chi connectivity index (χ0v) is 19.3. The van der Waals surface area contributed by atoms with Crippen molar-refractivity contribution in [3.05, 3.63) is 65.7 Å². The van der Waals surface area contributed by atoms with Crippen LogP contribution in [-0.4, -0.2) is 43.3 Å². The summed E-state index contributed by atoms with van der Waals surface area (Å²) in [7, 11) is 0.986. The van der Waals surface area contributed by atoms with Crippen LogP contribution in [0.5, 0.6) is 0 Å². The predicted octanol–water partition coefficient (Wildman–Crippen LogP) is 1.89. The van der Waals surface area contributed by atoms with Crippen LogP contribution in [0.25, 0.3) is 0 Å². The van der Waals surface area contributed by atoms with Crippen LogP contribution in [0, 0.1) is 0 Å². The number of hydrogen-bond acceptors (Lipinski definition) is 5. The Balaban J connectivity index is 1.68. The van der Waals surface area contributed by atoms with Crippen LogP contribution in [0.1, 0.15) is 44.9 Å². The molecule has 0 radical (unpaired) electrons. The normalized spacial score (nSPS) is 18.7. The van der Waals surface area contributed by atoms with E-state index in [2.05, 4.69) is 5.32 Å². The Morgan fingerprint density at radius 1 is 1.00 bits per heavy atom. The molecule has 2 aromatic carbocycles. The molecule has 0 aliphatic carbocycles. The third-order valence-corrected chi connectivity index (χ3v) is 6.18. The molecular formula is C24H31BN2O5. The lowest BCUT2D eigenvalue weighted by Gasteiger charge is -2.32. The molecule has 0 spiro atoms. The highest BCUT2D eigenvalue weighted by atomic mass is 16.7. The van der Waals surface area contributed by atoms with Gasteiger partial charge in [0, 0.05) is 13.5 Å². The Hall–Kier alpha value is -2.68. The van der Waals surface area contributed by atoms with Crippen molar-refractivity contribution < 1.29 is 23.6 Å². The SMILES string of the molecule is CO[C@H](C(=O)N[C@H](Cc1ccc(B2OC(C)(C)C(C)(C)O2)cc1)C(N)=O)c1ccccc1. The summed E-state index contributed by atoms with van der Waals surface area (Å²) in [6.45, 7) is 8.02. The molecule has 1 aliphatic heterocycles. The first-order valence-corrected chi connectivity index (χ1v) is 10.7. The van der Waals surface area contributed by atoms with E-state index in [9.17, 15) is 9.59 Å². The predicted molar refractivity (Wildman–Crippen MR) is 123 cm³/mol. The molecule has 170 valence electrons. The molecule has 1 aliphatic rings. The van der Waals surface area contributed by atoms with Gasteiger partial charge in [-0.3, -0.25) is 9.59 Å². The first-order valence-electron chi connectivity index (χ1n) is 10.7. The summed E-state index contributed by atoms with van der Waals surface area (Å²) < 4.78 is 17.5. The molecule has 0 saturated carbocycles. The second kappa shape index (κ2) is 9.44. The molecule has 2 atom stereocenters. The average molecular weight is 438 g/mol. The van der Waals surface area contributed by atoms with Gasteiger partial charge in [0.05, 0.1) is 11.2 Å². The summed E-state index contributed by atoms with van der Waals surface area (Å²) in [6, 6.07) is 15.8. The number of hydrogen-bond donors (Lipinski definition) is 2. The van der Waals surface area contributed by atoms with Crippen LogP contribution in [0.3, 0.4) is 0 Å². The average Bonchev–Trinajstić information content (AvgIpc) is 2.96. The summed E-state index contributed by atoms with van der Waals surface area (Å²) >= 11 is 0. The van der Waals surface area contributed by atoms with Crippen molar-refractivity contribution in [2.24, 2.45) is 5.73 Å². The molecule has 1 fully saturated rings. The number of nitrogens with one attached hydrogen (secondary N) is 1. The molecule has 0 aromatic heterocycles. The van der Waals surface area contributed by atoms with Crippen molar-refractivity contribution in [2.45, 2.75) is 57.5 Å². The van der Waals surface area contributed by atoms with Crippen molar-refractivity contribution in [3.63, 3.8) is 0 Å². The Bertz CT molecular complexity index is 931. The van der Waals surface area contributed by atoms with Gasteiger partial charge in [0.25, 0.3) is 5.91 Å². The summed E-state index contributed by atoms with van der Waals surface area (Å²) in [5, 5.41) is 2.72. The minimum absolute atomic E-state index is 0.260. The number of benzene rings is 2. The molecule has 1 heterocycles. The first kappa shape index (κ1) is 24.0. The van der Waals surface area contributed by atoms with Crippen molar-refractivity contribution in [2.75, 3.05) is 7.11 Å². The fraction of sp³-hybridized carbons (Fsp3) is 0.417. The number of ether oxygens (including phenoxy) is 1. The van der Waals surface area contributed by atoms with Gasteiger partial charge in [-0.05, 0) is 44.3 Å². The second-order valence-corrected chi connectivity index (χ2v) is 9.02. The zero-order chi connectivity index (χ0) is 23.5. The molecule has 8 heteroatoms. The van der Waals surface area contributed by atoms with Gasteiger partial charge in [0.2, 0.25) is 5.91 Å². The lowest BCUT2D eigenvalue weighted by Crippen LogP contribution is -2.47. The molecule has 2 aromatic rings. The van der Waals surface area contributed by atoms with Gasteiger partial charge in [-0.2, -0.15) is 0 Å². The standard InChI is InChI=1S/C24H31BN2O5/c1-23(2)24(3,4)32-25(31-23)18-13-11-16(12-14-18)15-19(21(26)28)27-22(29)20(30-5)17-9-7-6-8-10-17/h6-14,19-20H,15H2,1-5H3,(H2,26,28)(H,27,29)/t19-,20+/m1/s1. The Morgan fingerprint density at radius 3 is 2.06 bits per heavy atom. The lowest BCUT2D eigenvalue weighted by atomic mass is 9.78. The topological polar surface area (TPSA) is 99.9 Å².